The lowest BCUT2D eigenvalue weighted by molar-refractivity contribution is 0.207. The van der Waals surface area contributed by atoms with Gasteiger partial charge in [-0.15, -0.1) is 0 Å². The highest BCUT2D eigenvalue weighted by atomic mass is 15.2. The smallest absolute Gasteiger partial charge is 0.128 e. The number of hydrogen-bond acceptors (Lipinski definition) is 4. The lowest BCUT2D eigenvalue weighted by Crippen LogP contribution is -2.46. The first-order valence-electron chi connectivity index (χ1n) is 8.11. The van der Waals surface area contributed by atoms with Crippen molar-refractivity contribution in [2.45, 2.75) is 25.4 Å². The summed E-state index contributed by atoms with van der Waals surface area (Å²) in [6.45, 7) is 3.00. The number of anilines is 1. The first-order chi connectivity index (χ1) is 11.3. The van der Waals surface area contributed by atoms with Crippen molar-refractivity contribution in [3.63, 3.8) is 0 Å². The highest BCUT2D eigenvalue weighted by Crippen LogP contribution is 2.21. The van der Waals surface area contributed by atoms with Crippen LogP contribution in [0.25, 0.3) is 0 Å². The van der Waals surface area contributed by atoms with E-state index in [0.717, 1.165) is 25.5 Å². The lowest BCUT2D eigenvalue weighted by atomic mass is 10.0. The first-order valence-corrected chi connectivity index (χ1v) is 8.11. The van der Waals surface area contributed by atoms with Crippen molar-refractivity contribution in [1.82, 2.24) is 9.88 Å². The minimum Gasteiger partial charge on any atom is -0.355 e. The maximum Gasteiger partial charge on any atom is 0.128 e. The van der Waals surface area contributed by atoms with Crippen molar-refractivity contribution in [2.24, 2.45) is 0 Å². The van der Waals surface area contributed by atoms with Gasteiger partial charge >= 0.3 is 0 Å². The lowest BCUT2D eigenvalue weighted by Gasteiger charge is -2.38. The molecule has 1 aliphatic rings. The summed E-state index contributed by atoms with van der Waals surface area (Å²) in [5, 5.41) is 8.88. The molecule has 3 rings (SSSR count). The molecule has 2 heterocycles. The van der Waals surface area contributed by atoms with E-state index in [1.807, 2.05) is 12.1 Å². The van der Waals surface area contributed by atoms with E-state index in [0.29, 0.717) is 11.6 Å². The van der Waals surface area contributed by atoms with Crippen LogP contribution >= 0.6 is 0 Å². The van der Waals surface area contributed by atoms with Gasteiger partial charge in [-0.2, -0.15) is 5.26 Å². The molecule has 1 aliphatic heterocycles. The third-order valence-electron chi connectivity index (χ3n) is 4.50. The van der Waals surface area contributed by atoms with Crippen LogP contribution in [0.4, 0.5) is 5.82 Å². The molecule has 1 fully saturated rings. The number of nitriles is 1. The zero-order valence-electron chi connectivity index (χ0n) is 13.5. The molecule has 0 amide bonds. The molecule has 0 N–H and O–H groups in total. The fourth-order valence-corrected chi connectivity index (χ4v) is 3.16. The summed E-state index contributed by atoms with van der Waals surface area (Å²) in [6.07, 6.45) is 4.05. The predicted molar refractivity (Wildman–Crippen MR) is 92.1 cm³/mol. The van der Waals surface area contributed by atoms with Crippen LogP contribution in [0.1, 0.15) is 24.0 Å². The number of benzene rings is 1. The summed E-state index contributed by atoms with van der Waals surface area (Å²) in [6, 6.07) is 17.1. The van der Waals surface area contributed by atoms with E-state index in [9.17, 15) is 0 Å². The molecule has 1 aromatic heterocycles. The van der Waals surface area contributed by atoms with Gasteiger partial charge in [0.1, 0.15) is 11.9 Å². The van der Waals surface area contributed by atoms with Crippen molar-refractivity contribution in [3.05, 3.63) is 59.8 Å². The molecule has 1 saturated heterocycles. The van der Waals surface area contributed by atoms with E-state index >= 15 is 0 Å². The molecular weight excluding hydrogens is 284 g/mol. The van der Waals surface area contributed by atoms with Crippen LogP contribution in [-0.2, 0) is 6.54 Å². The van der Waals surface area contributed by atoms with Crippen molar-refractivity contribution >= 4 is 5.82 Å². The van der Waals surface area contributed by atoms with Gasteiger partial charge in [0.05, 0.1) is 5.56 Å². The third kappa shape index (κ3) is 3.88. The number of hydrogen-bond donors (Lipinski definition) is 0. The maximum atomic E-state index is 8.88. The Bertz CT molecular complexity index is 660. The summed E-state index contributed by atoms with van der Waals surface area (Å²) in [5.74, 6) is 0.974. The molecule has 4 nitrogen and oxygen atoms in total. The molecule has 0 unspecified atom stereocenters. The predicted octanol–water partition coefficient (Wildman–Crippen LogP) is 3.05. The summed E-state index contributed by atoms with van der Waals surface area (Å²) in [5.41, 5.74) is 1.96. The summed E-state index contributed by atoms with van der Waals surface area (Å²) in [7, 11) is 2.20. The second kappa shape index (κ2) is 7.26. The zero-order valence-corrected chi connectivity index (χ0v) is 13.5. The topological polar surface area (TPSA) is 43.2 Å². The largest absolute Gasteiger partial charge is 0.355 e. The standard InChI is InChI=1S/C19H22N4/c1-22(14-16-6-3-2-4-7-16)18-8-5-11-23(15-18)19-10-9-17(12-20)13-21-19/h2-4,6-7,9-10,13,18H,5,8,11,14-15H2,1H3/t18-/m0/s1. The van der Waals surface area contributed by atoms with Gasteiger partial charge in [0, 0.05) is 31.9 Å². The normalized spacial score (nSPS) is 18.0. The number of pyridine rings is 1. The van der Waals surface area contributed by atoms with Crippen molar-refractivity contribution in [1.29, 1.82) is 5.26 Å². The van der Waals surface area contributed by atoms with Crippen molar-refractivity contribution < 1.29 is 0 Å². The Hall–Kier alpha value is -2.38. The van der Waals surface area contributed by atoms with E-state index in [-0.39, 0.29) is 0 Å². The van der Waals surface area contributed by atoms with Gasteiger partial charge in [0.2, 0.25) is 0 Å². The van der Waals surface area contributed by atoms with Crippen LogP contribution in [0.5, 0.6) is 0 Å². The molecule has 0 bridgehead atoms. The van der Waals surface area contributed by atoms with E-state index in [4.69, 9.17) is 5.26 Å². The summed E-state index contributed by atoms with van der Waals surface area (Å²) >= 11 is 0. The van der Waals surface area contributed by atoms with Gasteiger partial charge in [-0.3, -0.25) is 4.90 Å². The molecule has 1 aromatic carbocycles. The third-order valence-corrected chi connectivity index (χ3v) is 4.50. The highest BCUT2D eigenvalue weighted by Gasteiger charge is 2.24. The Kier molecular flexibility index (Phi) is 4.89. The fourth-order valence-electron chi connectivity index (χ4n) is 3.16. The monoisotopic (exact) mass is 306 g/mol. The van der Waals surface area contributed by atoms with Crippen LogP contribution in [0.2, 0.25) is 0 Å². The van der Waals surface area contributed by atoms with Crippen molar-refractivity contribution in [2.75, 3.05) is 25.0 Å². The number of aromatic nitrogens is 1. The van der Waals surface area contributed by atoms with Gasteiger partial charge in [-0.1, -0.05) is 30.3 Å². The molecule has 0 radical (unpaired) electrons. The van der Waals surface area contributed by atoms with Gasteiger partial charge in [-0.25, -0.2) is 4.98 Å². The Labute approximate surface area is 138 Å². The van der Waals surface area contributed by atoms with Gasteiger partial charge < -0.3 is 4.90 Å². The Morgan fingerprint density at radius 2 is 2.09 bits per heavy atom. The Morgan fingerprint density at radius 3 is 2.78 bits per heavy atom. The SMILES string of the molecule is CN(Cc1ccccc1)[C@H]1CCCN(c2ccc(C#N)cn2)C1. The van der Waals surface area contributed by atoms with Gasteiger partial charge in [0.25, 0.3) is 0 Å². The van der Waals surface area contributed by atoms with Crippen LogP contribution < -0.4 is 4.90 Å². The second-order valence-corrected chi connectivity index (χ2v) is 6.16. The number of rotatable bonds is 4. The number of piperidine rings is 1. The molecule has 118 valence electrons. The van der Waals surface area contributed by atoms with Crippen molar-refractivity contribution in [3.8, 4) is 6.07 Å². The average Bonchev–Trinajstić information content (AvgIpc) is 2.63. The molecule has 0 saturated carbocycles. The number of likely N-dealkylation sites (N-methyl/N-ethyl adjacent to an activating group) is 1. The minimum atomic E-state index is 0.529. The van der Waals surface area contributed by atoms with E-state index in [1.54, 1.807) is 6.20 Å². The van der Waals surface area contributed by atoms with E-state index in [2.05, 4.69) is 58.2 Å². The van der Waals surface area contributed by atoms with Gasteiger partial charge in [0.15, 0.2) is 0 Å². The van der Waals surface area contributed by atoms with Crippen LogP contribution in [0.15, 0.2) is 48.7 Å². The minimum absolute atomic E-state index is 0.529. The fraction of sp³-hybridized carbons (Fsp3) is 0.368. The molecule has 4 heteroatoms. The van der Waals surface area contributed by atoms with E-state index < -0.39 is 0 Å². The Balaban J connectivity index is 1.64. The van der Waals surface area contributed by atoms with Gasteiger partial charge in [-0.05, 0) is 37.6 Å². The molecule has 0 spiro atoms. The quantitative estimate of drug-likeness (QED) is 0.871. The zero-order chi connectivity index (χ0) is 16.1. The maximum absolute atomic E-state index is 8.88. The van der Waals surface area contributed by atoms with Crippen LogP contribution in [0.3, 0.4) is 0 Å². The summed E-state index contributed by atoms with van der Waals surface area (Å²) < 4.78 is 0. The van der Waals surface area contributed by atoms with Crippen LogP contribution in [-0.4, -0.2) is 36.1 Å². The molecule has 1 atom stereocenters. The second-order valence-electron chi connectivity index (χ2n) is 6.16. The number of nitrogens with zero attached hydrogens (tertiary/aromatic N) is 4. The molecule has 0 aliphatic carbocycles. The Morgan fingerprint density at radius 1 is 1.26 bits per heavy atom. The first kappa shape index (κ1) is 15.5. The van der Waals surface area contributed by atoms with Crippen LogP contribution in [0, 0.1) is 11.3 Å². The molecule has 2 aromatic rings. The highest BCUT2D eigenvalue weighted by molar-refractivity contribution is 5.42. The molecular formula is C19H22N4. The molecule has 23 heavy (non-hydrogen) atoms. The average molecular weight is 306 g/mol. The summed E-state index contributed by atoms with van der Waals surface area (Å²) in [4.78, 5) is 9.20. The van der Waals surface area contributed by atoms with E-state index in [1.165, 1.54) is 18.4 Å².